The highest BCUT2D eigenvalue weighted by Gasteiger charge is 2.35. The summed E-state index contributed by atoms with van der Waals surface area (Å²) in [6, 6.07) is 10.6. The summed E-state index contributed by atoms with van der Waals surface area (Å²) in [5, 5.41) is 3.43. The molecule has 1 aromatic carbocycles. The summed E-state index contributed by atoms with van der Waals surface area (Å²) >= 11 is 0. The maximum Gasteiger partial charge on any atom is 0.410 e. The van der Waals surface area contributed by atoms with Crippen molar-refractivity contribution in [2.45, 2.75) is 58.3 Å². The van der Waals surface area contributed by atoms with Gasteiger partial charge in [0.2, 0.25) is 0 Å². The van der Waals surface area contributed by atoms with Crippen LogP contribution in [0.5, 0.6) is 0 Å². The topological polar surface area (TPSA) is 66.4 Å². The molecule has 8 heteroatoms. The third-order valence-corrected chi connectivity index (χ3v) is 5.51. The van der Waals surface area contributed by atoms with Gasteiger partial charge in [-0.25, -0.2) is 4.79 Å². The van der Waals surface area contributed by atoms with E-state index in [0.29, 0.717) is 31.7 Å². The Morgan fingerprint density at radius 1 is 1.22 bits per heavy atom. The molecule has 7 nitrogen and oxygen atoms in total. The van der Waals surface area contributed by atoms with Gasteiger partial charge in [0, 0.05) is 45.2 Å². The van der Waals surface area contributed by atoms with E-state index in [4.69, 9.17) is 9.47 Å². The van der Waals surface area contributed by atoms with Gasteiger partial charge in [-0.2, -0.15) is 0 Å². The Balaban J connectivity index is 0.00000363. The van der Waals surface area contributed by atoms with Crippen LogP contribution in [0.15, 0.2) is 35.3 Å². The molecule has 1 aromatic rings. The molecule has 0 spiro atoms. The van der Waals surface area contributed by atoms with Crippen molar-refractivity contribution >= 4 is 36.0 Å². The fourth-order valence-electron chi connectivity index (χ4n) is 3.83. The van der Waals surface area contributed by atoms with Crippen LogP contribution in [0.1, 0.15) is 45.6 Å². The lowest BCUT2D eigenvalue weighted by Crippen LogP contribution is -2.46. The zero-order chi connectivity index (χ0) is 22.3. The monoisotopic (exact) mass is 558 g/mol. The zero-order valence-corrected chi connectivity index (χ0v) is 22.2. The van der Waals surface area contributed by atoms with Gasteiger partial charge in [-0.1, -0.05) is 30.3 Å². The second kappa shape index (κ2) is 12.6. The number of carbonyl (C=O) groups is 1. The SMILES string of the molecule is CN=C(NCCN(C(=O)OC(C)(C)C)C1CC1)N1CCC(COCc2ccccc2)C1.I. The van der Waals surface area contributed by atoms with Crippen LogP contribution in [0.3, 0.4) is 0 Å². The van der Waals surface area contributed by atoms with Crippen LogP contribution in [0, 0.1) is 5.92 Å². The number of carbonyl (C=O) groups excluding carboxylic acids is 1. The van der Waals surface area contributed by atoms with Gasteiger partial charge in [0.1, 0.15) is 5.60 Å². The van der Waals surface area contributed by atoms with E-state index < -0.39 is 5.60 Å². The van der Waals surface area contributed by atoms with Crippen molar-refractivity contribution in [3.8, 4) is 0 Å². The lowest BCUT2D eigenvalue weighted by molar-refractivity contribution is 0.0237. The van der Waals surface area contributed by atoms with Gasteiger partial charge in [0.25, 0.3) is 0 Å². The van der Waals surface area contributed by atoms with Crippen LogP contribution in [0.2, 0.25) is 0 Å². The van der Waals surface area contributed by atoms with Crippen molar-refractivity contribution in [3.05, 3.63) is 35.9 Å². The summed E-state index contributed by atoms with van der Waals surface area (Å²) in [7, 11) is 1.81. The van der Waals surface area contributed by atoms with E-state index in [9.17, 15) is 4.79 Å². The summed E-state index contributed by atoms with van der Waals surface area (Å²) in [5.74, 6) is 1.40. The maximum absolute atomic E-state index is 12.5. The minimum Gasteiger partial charge on any atom is -0.444 e. The molecular weight excluding hydrogens is 519 g/mol. The first kappa shape index (κ1) is 26.7. The predicted octanol–water partition coefficient (Wildman–Crippen LogP) is 4.12. The Bertz CT molecular complexity index is 735. The first-order chi connectivity index (χ1) is 14.9. The van der Waals surface area contributed by atoms with Crippen LogP contribution in [0.25, 0.3) is 0 Å². The Labute approximate surface area is 209 Å². The lowest BCUT2D eigenvalue weighted by Gasteiger charge is -2.28. The third kappa shape index (κ3) is 8.77. The van der Waals surface area contributed by atoms with Crippen molar-refractivity contribution in [1.29, 1.82) is 0 Å². The van der Waals surface area contributed by atoms with Crippen molar-refractivity contribution in [3.63, 3.8) is 0 Å². The van der Waals surface area contributed by atoms with Gasteiger partial charge in [-0.3, -0.25) is 4.99 Å². The molecule has 3 rings (SSSR count). The van der Waals surface area contributed by atoms with Crippen molar-refractivity contribution in [2.24, 2.45) is 10.9 Å². The molecule has 1 saturated heterocycles. The average molecular weight is 559 g/mol. The fraction of sp³-hybridized carbons (Fsp3) is 0.667. The minimum atomic E-state index is -0.471. The normalized spacial score (nSPS) is 18.8. The van der Waals surface area contributed by atoms with Crippen molar-refractivity contribution < 1.29 is 14.3 Å². The highest BCUT2D eigenvalue weighted by molar-refractivity contribution is 14.0. The first-order valence-corrected chi connectivity index (χ1v) is 11.4. The minimum absolute atomic E-state index is 0. The van der Waals surface area contributed by atoms with Crippen LogP contribution < -0.4 is 5.32 Å². The number of benzene rings is 1. The average Bonchev–Trinajstić information content (AvgIpc) is 3.45. The van der Waals surface area contributed by atoms with E-state index in [-0.39, 0.29) is 30.1 Å². The van der Waals surface area contributed by atoms with E-state index in [1.165, 1.54) is 5.56 Å². The Morgan fingerprint density at radius 2 is 1.94 bits per heavy atom. The van der Waals surface area contributed by atoms with Gasteiger partial charge in [-0.05, 0) is 45.6 Å². The number of aliphatic imine (C=N–C) groups is 1. The van der Waals surface area contributed by atoms with E-state index in [2.05, 4.69) is 27.3 Å². The number of hydrogen-bond donors (Lipinski definition) is 1. The zero-order valence-electron chi connectivity index (χ0n) is 19.9. The van der Waals surface area contributed by atoms with Gasteiger partial charge in [0.05, 0.1) is 13.2 Å². The summed E-state index contributed by atoms with van der Waals surface area (Å²) in [5.41, 5.74) is 0.737. The summed E-state index contributed by atoms with van der Waals surface area (Å²) < 4.78 is 11.5. The van der Waals surface area contributed by atoms with Gasteiger partial charge < -0.3 is 24.6 Å². The number of ether oxygens (including phenoxy) is 2. The molecule has 1 amide bonds. The molecule has 1 heterocycles. The molecule has 1 aliphatic heterocycles. The Hall–Kier alpha value is -1.55. The molecule has 32 heavy (non-hydrogen) atoms. The highest BCUT2D eigenvalue weighted by atomic mass is 127. The maximum atomic E-state index is 12.5. The summed E-state index contributed by atoms with van der Waals surface area (Å²) in [6.07, 6.45) is 3.00. The van der Waals surface area contributed by atoms with E-state index in [1.807, 2.05) is 50.9 Å². The molecule has 2 fully saturated rings. The number of nitrogens with one attached hydrogen (secondary N) is 1. The smallest absolute Gasteiger partial charge is 0.410 e. The van der Waals surface area contributed by atoms with Gasteiger partial charge in [-0.15, -0.1) is 24.0 Å². The quantitative estimate of drug-likeness (QED) is 0.296. The van der Waals surface area contributed by atoms with Crippen LogP contribution in [-0.4, -0.2) is 73.3 Å². The Morgan fingerprint density at radius 3 is 2.56 bits per heavy atom. The van der Waals surface area contributed by atoms with Crippen LogP contribution in [0.4, 0.5) is 4.79 Å². The summed E-state index contributed by atoms with van der Waals surface area (Å²) in [6.45, 7) is 10.3. The molecule has 1 aliphatic carbocycles. The molecule has 1 N–H and O–H groups in total. The Kier molecular flexibility index (Phi) is 10.5. The number of likely N-dealkylation sites (tertiary alicyclic amines) is 1. The highest BCUT2D eigenvalue weighted by Crippen LogP contribution is 2.28. The van der Waals surface area contributed by atoms with Gasteiger partial charge in [0.15, 0.2) is 5.96 Å². The van der Waals surface area contributed by atoms with Crippen molar-refractivity contribution in [2.75, 3.05) is 39.8 Å². The third-order valence-electron chi connectivity index (χ3n) is 5.51. The molecule has 1 unspecified atom stereocenters. The number of hydrogen-bond acceptors (Lipinski definition) is 4. The molecule has 180 valence electrons. The largest absolute Gasteiger partial charge is 0.444 e. The van der Waals surface area contributed by atoms with E-state index in [1.54, 1.807) is 0 Å². The predicted molar refractivity (Wildman–Crippen MR) is 139 cm³/mol. The molecule has 2 aliphatic rings. The number of rotatable bonds is 8. The molecule has 0 radical (unpaired) electrons. The van der Waals surface area contributed by atoms with Gasteiger partial charge >= 0.3 is 6.09 Å². The number of amides is 1. The summed E-state index contributed by atoms with van der Waals surface area (Å²) in [4.78, 5) is 21.1. The lowest BCUT2D eigenvalue weighted by atomic mass is 10.1. The molecule has 0 aromatic heterocycles. The second-order valence-electron chi connectivity index (χ2n) is 9.48. The second-order valence-corrected chi connectivity index (χ2v) is 9.48. The number of nitrogens with zero attached hydrogens (tertiary/aromatic N) is 3. The van der Waals surface area contributed by atoms with E-state index >= 15 is 0 Å². The van der Waals surface area contributed by atoms with Crippen LogP contribution in [-0.2, 0) is 16.1 Å². The van der Waals surface area contributed by atoms with Crippen molar-refractivity contribution in [1.82, 2.24) is 15.1 Å². The number of halogens is 1. The fourth-order valence-corrected chi connectivity index (χ4v) is 3.83. The first-order valence-electron chi connectivity index (χ1n) is 11.4. The molecular formula is C24H39IN4O3. The van der Waals surface area contributed by atoms with E-state index in [0.717, 1.165) is 44.9 Å². The van der Waals surface area contributed by atoms with Crippen LogP contribution >= 0.6 is 24.0 Å². The standard InChI is InChI=1S/C24H38N4O3.HI/c1-24(2,3)31-23(29)28(21-10-11-21)15-13-26-22(25-4)27-14-12-20(16-27)18-30-17-19-8-6-5-7-9-19;/h5-9,20-21H,10-18H2,1-4H3,(H,25,26);1H. The molecule has 0 bridgehead atoms. The molecule has 1 atom stereocenters. The number of guanidine groups is 1. The molecule has 1 saturated carbocycles.